The number of anilines is 3. The Hall–Kier alpha value is -4.40. The molecule has 0 unspecified atom stereocenters. The maximum Gasteiger partial charge on any atom is 0.338 e. The van der Waals surface area contributed by atoms with E-state index in [0.29, 0.717) is 35.7 Å². The van der Waals surface area contributed by atoms with Gasteiger partial charge in [0.1, 0.15) is 0 Å². The van der Waals surface area contributed by atoms with Crippen LogP contribution in [0.25, 0.3) is 0 Å². The molecule has 9 heteroatoms. The molecule has 192 valence electrons. The lowest BCUT2D eigenvalue weighted by atomic mass is 10.1. The third kappa shape index (κ3) is 7.07. The predicted molar refractivity (Wildman–Crippen MR) is 143 cm³/mol. The molecule has 2 aromatic carbocycles. The van der Waals surface area contributed by atoms with Crippen molar-refractivity contribution in [3.8, 4) is 0 Å². The van der Waals surface area contributed by atoms with Crippen molar-refractivity contribution >= 4 is 35.0 Å². The van der Waals surface area contributed by atoms with Gasteiger partial charge in [0, 0.05) is 49.1 Å². The van der Waals surface area contributed by atoms with Gasteiger partial charge in [-0.25, -0.2) is 9.59 Å². The van der Waals surface area contributed by atoms with Crippen molar-refractivity contribution in [2.24, 2.45) is 0 Å². The summed E-state index contributed by atoms with van der Waals surface area (Å²) in [6.07, 6.45) is 6.74. The first kappa shape index (κ1) is 25.7. The third-order valence-electron chi connectivity index (χ3n) is 6.03. The number of ether oxygens (including phenoxy) is 1. The molecular formula is C28H31N5O4. The van der Waals surface area contributed by atoms with Crippen LogP contribution in [0.5, 0.6) is 0 Å². The van der Waals surface area contributed by atoms with Crippen LogP contribution in [0.3, 0.4) is 0 Å². The second-order valence-electron chi connectivity index (χ2n) is 8.70. The smallest absolute Gasteiger partial charge is 0.338 e. The van der Waals surface area contributed by atoms with Crippen molar-refractivity contribution in [1.82, 2.24) is 10.3 Å². The fourth-order valence-corrected chi connectivity index (χ4v) is 4.18. The summed E-state index contributed by atoms with van der Waals surface area (Å²) in [4.78, 5) is 44.0. The van der Waals surface area contributed by atoms with Crippen molar-refractivity contribution < 1.29 is 19.1 Å². The minimum atomic E-state index is -0.462. The Morgan fingerprint density at radius 2 is 1.68 bits per heavy atom. The first-order valence-corrected chi connectivity index (χ1v) is 12.4. The number of nitrogens with zero attached hydrogens (tertiary/aromatic N) is 2. The number of piperidine rings is 1. The summed E-state index contributed by atoms with van der Waals surface area (Å²) in [7, 11) is 0. The molecule has 3 N–H and O–H groups in total. The number of benzene rings is 2. The van der Waals surface area contributed by atoms with E-state index in [1.807, 2.05) is 18.2 Å². The van der Waals surface area contributed by atoms with Gasteiger partial charge in [-0.2, -0.15) is 0 Å². The lowest BCUT2D eigenvalue weighted by Crippen LogP contribution is -2.33. The van der Waals surface area contributed by atoms with Crippen LogP contribution in [-0.2, 0) is 11.3 Å². The van der Waals surface area contributed by atoms with Gasteiger partial charge in [-0.3, -0.25) is 9.78 Å². The van der Waals surface area contributed by atoms with E-state index in [2.05, 4.69) is 25.8 Å². The lowest BCUT2D eigenvalue weighted by Gasteiger charge is -2.30. The summed E-state index contributed by atoms with van der Waals surface area (Å²) in [6.45, 7) is 4.16. The lowest BCUT2D eigenvalue weighted by molar-refractivity contribution is 0.0526. The Labute approximate surface area is 216 Å². The van der Waals surface area contributed by atoms with E-state index in [9.17, 15) is 14.4 Å². The van der Waals surface area contributed by atoms with Crippen molar-refractivity contribution in [3.63, 3.8) is 0 Å². The second kappa shape index (κ2) is 12.5. The van der Waals surface area contributed by atoms with Crippen LogP contribution in [-0.4, -0.2) is 42.6 Å². The highest BCUT2D eigenvalue weighted by molar-refractivity contribution is 6.04. The third-order valence-corrected chi connectivity index (χ3v) is 6.03. The molecule has 0 aliphatic carbocycles. The van der Waals surface area contributed by atoms with E-state index < -0.39 is 12.0 Å². The molecule has 4 rings (SSSR count). The van der Waals surface area contributed by atoms with Crippen LogP contribution in [0.15, 0.2) is 67.0 Å². The van der Waals surface area contributed by atoms with Crippen LogP contribution in [0.1, 0.15) is 52.5 Å². The fraction of sp³-hybridized carbons (Fsp3) is 0.286. The Morgan fingerprint density at radius 3 is 2.38 bits per heavy atom. The van der Waals surface area contributed by atoms with Gasteiger partial charge in [0.05, 0.1) is 17.7 Å². The molecule has 1 aliphatic heterocycles. The molecule has 3 aromatic rings. The van der Waals surface area contributed by atoms with Gasteiger partial charge in [-0.05, 0) is 80.3 Å². The molecule has 1 saturated heterocycles. The number of aromatic nitrogens is 1. The van der Waals surface area contributed by atoms with Crippen LogP contribution < -0.4 is 20.9 Å². The maximum atomic E-state index is 13.2. The first-order chi connectivity index (χ1) is 18.0. The fourth-order valence-electron chi connectivity index (χ4n) is 4.18. The standard InChI is InChI=1S/C28H31N5O4/c1-2-37-27(35)21-8-10-22(11-9-21)31-28(36)32-23-12-13-25(33-15-4-3-5-16-33)24(17-23)26(34)30-19-20-7-6-14-29-18-20/h6-14,17-18H,2-5,15-16,19H2,1H3,(H,30,34)(H2,31,32,36). The minimum absolute atomic E-state index is 0.219. The van der Waals surface area contributed by atoms with E-state index in [4.69, 9.17) is 4.74 Å². The highest BCUT2D eigenvalue weighted by Gasteiger charge is 2.20. The number of pyridine rings is 1. The van der Waals surface area contributed by atoms with Gasteiger partial charge in [-0.15, -0.1) is 0 Å². The van der Waals surface area contributed by atoms with Crippen LogP contribution in [0.4, 0.5) is 21.9 Å². The van der Waals surface area contributed by atoms with Crippen molar-refractivity contribution in [2.45, 2.75) is 32.7 Å². The normalized spacial score (nSPS) is 12.9. The Balaban J connectivity index is 1.46. The topological polar surface area (TPSA) is 113 Å². The van der Waals surface area contributed by atoms with E-state index >= 15 is 0 Å². The quantitative estimate of drug-likeness (QED) is 0.382. The number of nitrogens with one attached hydrogen (secondary N) is 3. The summed E-state index contributed by atoms with van der Waals surface area (Å²) in [5.41, 5.74) is 3.67. The monoisotopic (exact) mass is 501 g/mol. The first-order valence-electron chi connectivity index (χ1n) is 12.4. The van der Waals surface area contributed by atoms with Crippen LogP contribution in [0.2, 0.25) is 0 Å². The van der Waals surface area contributed by atoms with Gasteiger partial charge in [-0.1, -0.05) is 6.07 Å². The Kier molecular flexibility index (Phi) is 8.70. The summed E-state index contributed by atoms with van der Waals surface area (Å²) in [5.74, 6) is -0.635. The maximum absolute atomic E-state index is 13.2. The van der Waals surface area contributed by atoms with Crippen LogP contribution in [0, 0.1) is 0 Å². The number of amides is 3. The zero-order valence-electron chi connectivity index (χ0n) is 20.8. The van der Waals surface area contributed by atoms with E-state index in [1.165, 1.54) is 6.42 Å². The molecule has 0 bridgehead atoms. The number of rotatable bonds is 8. The molecule has 9 nitrogen and oxygen atoms in total. The van der Waals surface area contributed by atoms with Crippen molar-refractivity contribution in [2.75, 3.05) is 35.2 Å². The summed E-state index contributed by atoms with van der Waals surface area (Å²) >= 11 is 0. The summed E-state index contributed by atoms with van der Waals surface area (Å²) in [5, 5.41) is 8.51. The second-order valence-corrected chi connectivity index (χ2v) is 8.70. The molecule has 1 fully saturated rings. The molecule has 0 saturated carbocycles. The van der Waals surface area contributed by atoms with Gasteiger partial charge in [0.15, 0.2) is 0 Å². The molecule has 0 radical (unpaired) electrons. The van der Waals surface area contributed by atoms with Gasteiger partial charge >= 0.3 is 12.0 Å². The largest absolute Gasteiger partial charge is 0.462 e. The molecular weight excluding hydrogens is 470 g/mol. The SMILES string of the molecule is CCOC(=O)c1ccc(NC(=O)Nc2ccc(N3CCCCC3)c(C(=O)NCc3cccnc3)c2)cc1. The molecule has 0 spiro atoms. The summed E-state index contributed by atoms with van der Waals surface area (Å²) in [6, 6.07) is 15.1. The highest BCUT2D eigenvalue weighted by atomic mass is 16.5. The molecule has 3 amide bonds. The number of carbonyl (C=O) groups is 3. The highest BCUT2D eigenvalue weighted by Crippen LogP contribution is 2.27. The van der Waals surface area contributed by atoms with Crippen LogP contribution >= 0.6 is 0 Å². The molecule has 0 atom stereocenters. The Morgan fingerprint density at radius 1 is 0.946 bits per heavy atom. The zero-order chi connectivity index (χ0) is 26.0. The predicted octanol–water partition coefficient (Wildman–Crippen LogP) is 4.82. The minimum Gasteiger partial charge on any atom is -0.462 e. The van der Waals surface area contributed by atoms with E-state index in [-0.39, 0.29) is 5.91 Å². The van der Waals surface area contributed by atoms with E-state index in [1.54, 1.807) is 55.7 Å². The Bertz CT molecular complexity index is 1230. The number of urea groups is 1. The number of esters is 1. The van der Waals surface area contributed by atoms with E-state index in [0.717, 1.165) is 37.2 Å². The summed E-state index contributed by atoms with van der Waals surface area (Å²) < 4.78 is 4.98. The van der Waals surface area contributed by atoms with Gasteiger partial charge in [0.2, 0.25) is 0 Å². The van der Waals surface area contributed by atoms with Crippen molar-refractivity contribution in [3.05, 3.63) is 83.7 Å². The molecule has 2 heterocycles. The number of hydrogen-bond acceptors (Lipinski definition) is 6. The van der Waals surface area contributed by atoms with Crippen molar-refractivity contribution in [1.29, 1.82) is 0 Å². The number of hydrogen-bond donors (Lipinski definition) is 3. The zero-order valence-corrected chi connectivity index (χ0v) is 20.8. The molecule has 1 aliphatic rings. The molecule has 1 aromatic heterocycles. The molecule has 37 heavy (non-hydrogen) atoms. The average molecular weight is 502 g/mol. The average Bonchev–Trinajstić information content (AvgIpc) is 2.93. The van der Waals surface area contributed by atoms with Gasteiger partial charge < -0.3 is 25.6 Å². The van der Waals surface area contributed by atoms with Gasteiger partial charge in [0.25, 0.3) is 5.91 Å². The number of carbonyl (C=O) groups excluding carboxylic acids is 3.